The lowest BCUT2D eigenvalue weighted by molar-refractivity contribution is -0.149. The molecule has 0 aromatic heterocycles. The van der Waals surface area contributed by atoms with Gasteiger partial charge >= 0.3 is 5.97 Å². The maximum Gasteiger partial charge on any atom is 0.308 e. The van der Waals surface area contributed by atoms with Crippen LogP contribution in [-0.4, -0.2) is 29.2 Å². The second-order valence-corrected chi connectivity index (χ2v) is 7.12. The van der Waals surface area contributed by atoms with E-state index in [0.717, 1.165) is 36.8 Å². The van der Waals surface area contributed by atoms with Crippen LogP contribution in [0.4, 0.5) is 0 Å². The number of esters is 1. The fraction of sp³-hybridized carbons (Fsp3) is 0.550. The minimum Gasteiger partial charge on any atom is -0.458 e. The molecule has 2 amide bonds. The molecular weight excluding hydrogens is 318 g/mol. The molecule has 1 saturated carbocycles. The predicted octanol–water partition coefficient (Wildman–Crippen LogP) is 3.16. The molecular formula is C20H25NO4. The van der Waals surface area contributed by atoms with Gasteiger partial charge < -0.3 is 4.74 Å². The third kappa shape index (κ3) is 3.75. The highest BCUT2D eigenvalue weighted by Gasteiger charge is 2.47. The van der Waals surface area contributed by atoms with Crippen molar-refractivity contribution >= 4 is 17.8 Å². The Bertz CT molecular complexity index is 643. The highest BCUT2D eigenvalue weighted by atomic mass is 16.5. The number of nitrogens with zero attached hydrogens (tertiary/aromatic N) is 1. The molecule has 0 spiro atoms. The average Bonchev–Trinajstić information content (AvgIpc) is 2.85. The Morgan fingerprint density at radius 3 is 2.24 bits per heavy atom. The molecule has 1 aliphatic heterocycles. The smallest absolute Gasteiger partial charge is 0.308 e. The number of fused-ring (bicyclic) bond motifs is 1. The van der Waals surface area contributed by atoms with Gasteiger partial charge in [0, 0.05) is 6.54 Å². The Kier molecular flexibility index (Phi) is 5.21. The zero-order valence-electron chi connectivity index (χ0n) is 14.9. The van der Waals surface area contributed by atoms with Crippen LogP contribution in [0, 0.1) is 18.8 Å². The second kappa shape index (κ2) is 7.38. The molecule has 1 heterocycles. The zero-order valence-corrected chi connectivity index (χ0v) is 14.9. The number of aryl methyl sites for hydroxylation is 1. The van der Waals surface area contributed by atoms with Gasteiger partial charge in [-0.2, -0.15) is 0 Å². The number of ether oxygens (including phenoxy) is 1. The van der Waals surface area contributed by atoms with E-state index in [2.05, 4.69) is 0 Å². The topological polar surface area (TPSA) is 63.7 Å². The summed E-state index contributed by atoms with van der Waals surface area (Å²) in [6.07, 6.45) is 3.29. The molecule has 134 valence electrons. The molecule has 3 atom stereocenters. The molecule has 1 aliphatic carbocycles. The highest BCUT2D eigenvalue weighted by molar-refractivity contribution is 6.05. The Labute approximate surface area is 148 Å². The van der Waals surface area contributed by atoms with E-state index in [0.29, 0.717) is 0 Å². The first-order valence-electron chi connectivity index (χ1n) is 9.08. The number of carbonyl (C=O) groups is 3. The van der Waals surface area contributed by atoms with Crippen molar-refractivity contribution < 1.29 is 19.1 Å². The summed E-state index contributed by atoms with van der Waals surface area (Å²) in [6.45, 7) is 3.95. The van der Waals surface area contributed by atoms with Gasteiger partial charge in [-0.3, -0.25) is 19.3 Å². The summed E-state index contributed by atoms with van der Waals surface area (Å²) >= 11 is 0. The van der Waals surface area contributed by atoms with Crippen LogP contribution in [0.15, 0.2) is 24.3 Å². The fourth-order valence-electron chi connectivity index (χ4n) is 3.82. The first-order valence-corrected chi connectivity index (χ1v) is 9.08. The quantitative estimate of drug-likeness (QED) is 0.608. The summed E-state index contributed by atoms with van der Waals surface area (Å²) in [5.41, 5.74) is 2.08. The maximum absolute atomic E-state index is 12.4. The monoisotopic (exact) mass is 343 g/mol. The van der Waals surface area contributed by atoms with Crippen LogP contribution in [0.1, 0.15) is 56.3 Å². The first-order chi connectivity index (χ1) is 12.0. The van der Waals surface area contributed by atoms with Crippen molar-refractivity contribution in [2.24, 2.45) is 11.8 Å². The third-order valence-electron chi connectivity index (χ3n) is 5.33. The molecule has 0 radical (unpaired) electrons. The van der Waals surface area contributed by atoms with Gasteiger partial charge in [0.15, 0.2) is 0 Å². The van der Waals surface area contributed by atoms with Crippen LogP contribution >= 0.6 is 0 Å². The minimum absolute atomic E-state index is 0.0487. The molecule has 0 bridgehead atoms. The molecule has 2 fully saturated rings. The third-order valence-corrected chi connectivity index (χ3v) is 5.33. The van der Waals surface area contributed by atoms with Crippen molar-refractivity contribution in [2.75, 3.05) is 6.54 Å². The standard InChI is InChI=1S/C20H25NO4/c1-13-7-9-15(10-8-13)14(2)25-18(22)11-12-21-19(23)16-5-3-4-6-17(16)20(21)24/h7-10,14,16-17H,3-6,11-12H2,1-2H3/t14-,16-,17+/m1/s1. The summed E-state index contributed by atoms with van der Waals surface area (Å²) in [5.74, 6) is -0.917. The largest absolute Gasteiger partial charge is 0.458 e. The number of amides is 2. The summed E-state index contributed by atoms with van der Waals surface area (Å²) in [6, 6.07) is 7.82. The molecule has 5 nitrogen and oxygen atoms in total. The van der Waals surface area contributed by atoms with Crippen molar-refractivity contribution in [3.8, 4) is 0 Å². The van der Waals surface area contributed by atoms with Gasteiger partial charge in [-0.25, -0.2) is 0 Å². The van der Waals surface area contributed by atoms with Crippen molar-refractivity contribution in [2.45, 2.75) is 52.1 Å². The number of benzene rings is 1. The Hall–Kier alpha value is -2.17. The van der Waals surface area contributed by atoms with E-state index in [9.17, 15) is 14.4 Å². The van der Waals surface area contributed by atoms with Crippen LogP contribution in [0.5, 0.6) is 0 Å². The van der Waals surface area contributed by atoms with Gasteiger partial charge in [0.05, 0.1) is 18.3 Å². The summed E-state index contributed by atoms with van der Waals surface area (Å²) in [4.78, 5) is 38.2. The van der Waals surface area contributed by atoms with Gasteiger partial charge in [-0.15, -0.1) is 0 Å². The fourth-order valence-corrected chi connectivity index (χ4v) is 3.82. The van der Waals surface area contributed by atoms with Crippen molar-refractivity contribution in [1.29, 1.82) is 0 Å². The van der Waals surface area contributed by atoms with Gasteiger partial charge in [0.1, 0.15) is 6.10 Å². The van der Waals surface area contributed by atoms with Crippen molar-refractivity contribution in [3.63, 3.8) is 0 Å². The van der Waals surface area contributed by atoms with Crippen molar-refractivity contribution in [3.05, 3.63) is 35.4 Å². The number of imide groups is 1. The Balaban J connectivity index is 1.52. The Morgan fingerprint density at radius 2 is 1.68 bits per heavy atom. The van der Waals surface area contributed by atoms with Crippen LogP contribution in [-0.2, 0) is 19.1 Å². The summed E-state index contributed by atoms with van der Waals surface area (Å²) < 4.78 is 5.44. The van der Waals surface area contributed by atoms with Gasteiger partial charge in [-0.1, -0.05) is 42.7 Å². The lowest BCUT2D eigenvalue weighted by atomic mass is 9.81. The van der Waals surface area contributed by atoms with E-state index in [1.165, 1.54) is 4.90 Å². The van der Waals surface area contributed by atoms with Crippen LogP contribution in [0.3, 0.4) is 0 Å². The number of hydrogen-bond acceptors (Lipinski definition) is 4. The van der Waals surface area contributed by atoms with E-state index in [1.54, 1.807) is 0 Å². The van der Waals surface area contributed by atoms with Gasteiger partial charge in [-0.05, 0) is 32.3 Å². The van der Waals surface area contributed by atoms with E-state index < -0.39 is 0 Å². The lowest BCUT2D eigenvalue weighted by Gasteiger charge is -2.19. The number of hydrogen-bond donors (Lipinski definition) is 0. The molecule has 1 aromatic rings. The van der Waals surface area contributed by atoms with E-state index in [-0.39, 0.29) is 48.7 Å². The van der Waals surface area contributed by atoms with E-state index >= 15 is 0 Å². The lowest BCUT2D eigenvalue weighted by Crippen LogP contribution is -2.33. The van der Waals surface area contributed by atoms with Crippen LogP contribution in [0.25, 0.3) is 0 Å². The first kappa shape index (κ1) is 17.6. The molecule has 5 heteroatoms. The highest BCUT2D eigenvalue weighted by Crippen LogP contribution is 2.38. The van der Waals surface area contributed by atoms with Gasteiger partial charge in [0.25, 0.3) is 0 Å². The number of carbonyl (C=O) groups excluding carboxylic acids is 3. The molecule has 1 saturated heterocycles. The van der Waals surface area contributed by atoms with E-state index in [1.807, 2.05) is 38.1 Å². The number of likely N-dealkylation sites (tertiary alicyclic amines) is 1. The zero-order chi connectivity index (χ0) is 18.0. The molecule has 0 unspecified atom stereocenters. The summed E-state index contributed by atoms with van der Waals surface area (Å²) in [5, 5.41) is 0. The molecule has 0 N–H and O–H groups in total. The molecule has 2 aliphatic rings. The SMILES string of the molecule is Cc1ccc([C@@H](C)OC(=O)CCN2C(=O)[C@H]3CCCC[C@H]3C2=O)cc1. The molecule has 25 heavy (non-hydrogen) atoms. The van der Waals surface area contributed by atoms with E-state index in [4.69, 9.17) is 4.74 Å². The van der Waals surface area contributed by atoms with Crippen molar-refractivity contribution in [1.82, 2.24) is 4.90 Å². The van der Waals surface area contributed by atoms with Crippen LogP contribution in [0.2, 0.25) is 0 Å². The molecule has 3 rings (SSSR count). The summed E-state index contributed by atoms with van der Waals surface area (Å²) in [7, 11) is 0. The normalized spacial score (nSPS) is 24.2. The molecule has 1 aromatic carbocycles. The van der Waals surface area contributed by atoms with Gasteiger partial charge in [0.2, 0.25) is 11.8 Å². The predicted molar refractivity (Wildman–Crippen MR) is 92.5 cm³/mol. The average molecular weight is 343 g/mol. The number of rotatable bonds is 5. The van der Waals surface area contributed by atoms with Crippen LogP contribution < -0.4 is 0 Å². The minimum atomic E-state index is -0.386. The maximum atomic E-state index is 12.4. The Morgan fingerprint density at radius 1 is 1.12 bits per heavy atom. The second-order valence-electron chi connectivity index (χ2n) is 7.12.